The summed E-state index contributed by atoms with van der Waals surface area (Å²) in [5.41, 5.74) is 1.15. The van der Waals surface area contributed by atoms with Crippen molar-refractivity contribution in [2.75, 3.05) is 6.61 Å². The summed E-state index contributed by atoms with van der Waals surface area (Å²) in [4.78, 5) is 0. The Morgan fingerprint density at radius 2 is 1.82 bits per heavy atom. The molecule has 3 heteroatoms. The van der Waals surface area contributed by atoms with Crippen LogP contribution in [-0.2, 0) is 0 Å². The zero-order valence-corrected chi connectivity index (χ0v) is 16.7. The number of rotatable bonds is 5. The van der Waals surface area contributed by atoms with Gasteiger partial charge in [0, 0.05) is 5.39 Å². The second-order valence-corrected chi connectivity index (χ2v) is 8.70. The maximum atomic E-state index is 14.7. The van der Waals surface area contributed by atoms with Crippen LogP contribution in [0, 0.1) is 29.4 Å². The first-order chi connectivity index (χ1) is 13.6. The summed E-state index contributed by atoms with van der Waals surface area (Å²) < 4.78 is 34.4. The van der Waals surface area contributed by atoms with Crippen molar-refractivity contribution in [1.82, 2.24) is 0 Å². The first-order valence-electron chi connectivity index (χ1n) is 10.8. The highest BCUT2D eigenvalue weighted by molar-refractivity contribution is 5.85. The van der Waals surface area contributed by atoms with E-state index in [4.69, 9.17) is 4.74 Å². The lowest BCUT2D eigenvalue weighted by molar-refractivity contribution is 0.116. The van der Waals surface area contributed by atoms with Crippen LogP contribution in [-0.4, -0.2) is 6.61 Å². The normalized spacial score (nSPS) is 27.4. The lowest BCUT2D eigenvalue weighted by atomic mass is 9.63. The molecule has 2 aromatic carbocycles. The molecule has 2 aliphatic rings. The fourth-order valence-corrected chi connectivity index (χ4v) is 5.49. The van der Waals surface area contributed by atoms with Gasteiger partial charge in [0.15, 0.2) is 11.6 Å². The highest BCUT2D eigenvalue weighted by Crippen LogP contribution is 2.48. The van der Waals surface area contributed by atoms with E-state index in [0.29, 0.717) is 16.7 Å². The Balaban J connectivity index is 1.57. The van der Waals surface area contributed by atoms with E-state index in [1.807, 2.05) is 12.1 Å². The smallest absolute Gasteiger partial charge is 0.201 e. The van der Waals surface area contributed by atoms with E-state index in [2.05, 4.69) is 19.6 Å². The maximum Gasteiger partial charge on any atom is 0.201 e. The van der Waals surface area contributed by atoms with Gasteiger partial charge < -0.3 is 4.74 Å². The summed E-state index contributed by atoms with van der Waals surface area (Å²) in [6.45, 7) is 6.02. The number of halogens is 2. The molecular formula is C25H30F2O. The molecule has 0 N–H and O–H groups in total. The first kappa shape index (κ1) is 19.4. The van der Waals surface area contributed by atoms with Crippen molar-refractivity contribution in [3.05, 3.63) is 54.1 Å². The molecule has 28 heavy (non-hydrogen) atoms. The zero-order valence-electron chi connectivity index (χ0n) is 16.7. The molecule has 150 valence electrons. The van der Waals surface area contributed by atoms with Crippen LogP contribution < -0.4 is 4.74 Å². The molecule has 4 atom stereocenters. The minimum atomic E-state index is -0.909. The predicted molar refractivity (Wildman–Crippen MR) is 111 cm³/mol. The summed E-state index contributed by atoms with van der Waals surface area (Å²) in [6, 6.07) is 7.46. The van der Waals surface area contributed by atoms with Crippen molar-refractivity contribution < 1.29 is 13.5 Å². The van der Waals surface area contributed by atoms with Crippen LogP contribution in [0.3, 0.4) is 0 Å². The molecule has 0 heterocycles. The third-order valence-electron chi connectivity index (χ3n) is 7.14. The molecule has 1 nitrogen and oxygen atoms in total. The molecule has 2 aromatic rings. The number of benzene rings is 2. The highest BCUT2D eigenvalue weighted by atomic mass is 19.2. The Labute approximate surface area is 166 Å². The van der Waals surface area contributed by atoms with Gasteiger partial charge >= 0.3 is 0 Å². The molecular weight excluding hydrogens is 354 g/mol. The van der Waals surface area contributed by atoms with Crippen molar-refractivity contribution in [3.8, 4) is 5.75 Å². The SMILES string of the molecule is C=CCOc1cc2ccc(C3CCC4CC(CC)CCC4C3)cc2c(F)c1F. The number of hydrogen-bond acceptors (Lipinski definition) is 1. The third-order valence-corrected chi connectivity index (χ3v) is 7.14. The van der Waals surface area contributed by atoms with E-state index in [9.17, 15) is 8.78 Å². The van der Waals surface area contributed by atoms with Crippen molar-refractivity contribution >= 4 is 10.8 Å². The van der Waals surface area contributed by atoms with Gasteiger partial charge in [-0.2, -0.15) is 4.39 Å². The molecule has 2 fully saturated rings. The van der Waals surface area contributed by atoms with Crippen molar-refractivity contribution in [3.63, 3.8) is 0 Å². The summed E-state index contributed by atoms with van der Waals surface area (Å²) in [5.74, 6) is 1.27. The fourth-order valence-electron chi connectivity index (χ4n) is 5.49. The van der Waals surface area contributed by atoms with Gasteiger partial charge in [-0.15, -0.1) is 0 Å². The highest BCUT2D eigenvalue weighted by Gasteiger charge is 2.35. The van der Waals surface area contributed by atoms with Crippen LogP contribution in [0.25, 0.3) is 10.8 Å². The largest absolute Gasteiger partial charge is 0.486 e. The molecule has 0 amide bonds. The lowest BCUT2D eigenvalue weighted by Gasteiger charge is -2.42. The van der Waals surface area contributed by atoms with Gasteiger partial charge in [-0.3, -0.25) is 0 Å². The van der Waals surface area contributed by atoms with Crippen LogP contribution in [0.5, 0.6) is 5.75 Å². The van der Waals surface area contributed by atoms with Gasteiger partial charge in [-0.05, 0) is 78.9 Å². The second-order valence-electron chi connectivity index (χ2n) is 8.70. The molecule has 2 saturated carbocycles. The summed E-state index contributed by atoms with van der Waals surface area (Å²) >= 11 is 0. The molecule has 2 aliphatic carbocycles. The minimum absolute atomic E-state index is 0.0501. The number of hydrogen-bond donors (Lipinski definition) is 0. The van der Waals surface area contributed by atoms with Crippen LogP contribution in [0.4, 0.5) is 8.78 Å². The Morgan fingerprint density at radius 1 is 1.04 bits per heavy atom. The van der Waals surface area contributed by atoms with Crippen molar-refractivity contribution in [2.24, 2.45) is 17.8 Å². The second kappa shape index (κ2) is 8.23. The quantitative estimate of drug-likeness (QED) is 0.488. The van der Waals surface area contributed by atoms with E-state index in [1.54, 1.807) is 6.07 Å². The molecule has 4 unspecified atom stereocenters. The Morgan fingerprint density at radius 3 is 2.61 bits per heavy atom. The monoisotopic (exact) mass is 384 g/mol. The summed E-state index contributed by atoms with van der Waals surface area (Å²) in [7, 11) is 0. The Kier molecular flexibility index (Phi) is 5.70. The average molecular weight is 385 g/mol. The molecule has 4 rings (SSSR count). The predicted octanol–water partition coefficient (Wildman–Crippen LogP) is 7.39. The van der Waals surface area contributed by atoms with Gasteiger partial charge in [-0.1, -0.05) is 44.6 Å². The Bertz CT molecular complexity index is 859. The third kappa shape index (κ3) is 3.68. The maximum absolute atomic E-state index is 14.7. The van der Waals surface area contributed by atoms with Crippen LogP contribution in [0.2, 0.25) is 0 Å². The summed E-state index contributed by atoms with van der Waals surface area (Å²) in [5, 5.41) is 1.04. The van der Waals surface area contributed by atoms with Gasteiger partial charge in [-0.25, -0.2) is 4.39 Å². The van der Waals surface area contributed by atoms with Crippen molar-refractivity contribution in [2.45, 2.75) is 57.8 Å². The standard InChI is InChI=1S/C25H30F2O/c1-3-11-28-23-15-21-10-9-20(14-22(21)24(26)25(23)27)19-8-7-17-12-16(4-2)5-6-18(17)13-19/h3,9-10,14-19H,1,4-8,11-13H2,2H3. The summed E-state index contributed by atoms with van der Waals surface area (Å²) in [6.07, 6.45) is 10.5. The Hall–Kier alpha value is -1.90. The molecule has 0 saturated heterocycles. The van der Waals surface area contributed by atoms with Gasteiger partial charge in [0.2, 0.25) is 5.82 Å². The minimum Gasteiger partial charge on any atom is -0.486 e. The van der Waals surface area contributed by atoms with Gasteiger partial charge in [0.1, 0.15) is 6.61 Å². The van der Waals surface area contributed by atoms with E-state index in [-0.39, 0.29) is 12.4 Å². The van der Waals surface area contributed by atoms with Gasteiger partial charge in [0.25, 0.3) is 0 Å². The lowest BCUT2D eigenvalue weighted by Crippen LogP contribution is -2.30. The van der Waals surface area contributed by atoms with Gasteiger partial charge in [0.05, 0.1) is 0 Å². The van der Waals surface area contributed by atoms with E-state index < -0.39 is 11.6 Å². The van der Waals surface area contributed by atoms with Crippen LogP contribution in [0.1, 0.15) is 63.4 Å². The van der Waals surface area contributed by atoms with Crippen LogP contribution >= 0.6 is 0 Å². The molecule has 0 spiro atoms. The topological polar surface area (TPSA) is 9.23 Å². The zero-order chi connectivity index (χ0) is 19.7. The molecule has 0 aliphatic heterocycles. The fraction of sp³-hybridized carbons (Fsp3) is 0.520. The number of ether oxygens (including phenoxy) is 1. The van der Waals surface area contributed by atoms with E-state index in [1.165, 1.54) is 44.6 Å². The van der Waals surface area contributed by atoms with E-state index in [0.717, 1.165) is 29.7 Å². The number of fused-ring (bicyclic) bond motifs is 2. The average Bonchev–Trinajstić information content (AvgIpc) is 2.74. The molecule has 0 radical (unpaired) electrons. The van der Waals surface area contributed by atoms with Crippen LogP contribution in [0.15, 0.2) is 36.9 Å². The van der Waals surface area contributed by atoms with Crippen molar-refractivity contribution in [1.29, 1.82) is 0 Å². The first-order valence-corrected chi connectivity index (χ1v) is 10.8. The molecule has 0 bridgehead atoms. The molecule has 0 aromatic heterocycles. The van der Waals surface area contributed by atoms with E-state index >= 15 is 0 Å².